The summed E-state index contributed by atoms with van der Waals surface area (Å²) in [6, 6.07) is 5.06. The van der Waals surface area contributed by atoms with Crippen molar-refractivity contribution < 1.29 is 9.18 Å². The van der Waals surface area contributed by atoms with Gasteiger partial charge in [0.05, 0.1) is 6.04 Å². The molecule has 0 spiro atoms. The molecule has 2 saturated heterocycles. The first kappa shape index (κ1) is 16.2. The SMILES string of the molecule is Cc1cc(F)ccc1N1CCCC(NC(=O)[C@H]2CCCCN2)C1. The maximum Gasteiger partial charge on any atom is 0.237 e. The number of nitrogens with zero attached hydrogens (tertiary/aromatic N) is 1. The van der Waals surface area contributed by atoms with Crippen molar-refractivity contribution in [3.63, 3.8) is 0 Å². The molecule has 2 N–H and O–H groups in total. The van der Waals surface area contributed by atoms with Gasteiger partial charge in [-0.05, 0) is 62.9 Å². The second-order valence-electron chi connectivity index (χ2n) is 6.73. The van der Waals surface area contributed by atoms with E-state index in [0.29, 0.717) is 0 Å². The molecular formula is C18H26FN3O. The van der Waals surface area contributed by atoms with Crippen LogP contribution in [0, 0.1) is 12.7 Å². The highest BCUT2D eigenvalue weighted by atomic mass is 19.1. The minimum atomic E-state index is -0.198. The van der Waals surface area contributed by atoms with Crippen LogP contribution in [-0.2, 0) is 4.79 Å². The van der Waals surface area contributed by atoms with E-state index < -0.39 is 0 Å². The number of hydrogen-bond donors (Lipinski definition) is 2. The molecule has 126 valence electrons. The van der Waals surface area contributed by atoms with E-state index >= 15 is 0 Å². The molecule has 0 radical (unpaired) electrons. The first-order valence-corrected chi connectivity index (χ1v) is 8.68. The third-order valence-electron chi connectivity index (χ3n) is 4.89. The minimum absolute atomic E-state index is 0.0355. The molecule has 1 aromatic carbocycles. The van der Waals surface area contributed by atoms with E-state index in [-0.39, 0.29) is 23.8 Å². The largest absolute Gasteiger partial charge is 0.369 e. The van der Waals surface area contributed by atoms with Gasteiger partial charge in [-0.15, -0.1) is 0 Å². The first-order valence-electron chi connectivity index (χ1n) is 8.68. The molecule has 3 rings (SSSR count). The Labute approximate surface area is 137 Å². The summed E-state index contributed by atoms with van der Waals surface area (Å²) in [6.45, 7) is 4.63. The highest BCUT2D eigenvalue weighted by molar-refractivity contribution is 5.82. The predicted octanol–water partition coefficient (Wildman–Crippen LogP) is 2.36. The van der Waals surface area contributed by atoms with Crippen molar-refractivity contribution in [2.24, 2.45) is 0 Å². The number of amides is 1. The average molecular weight is 319 g/mol. The van der Waals surface area contributed by atoms with Crippen molar-refractivity contribution in [1.82, 2.24) is 10.6 Å². The molecular weight excluding hydrogens is 293 g/mol. The quantitative estimate of drug-likeness (QED) is 0.899. The zero-order chi connectivity index (χ0) is 16.2. The Kier molecular flexibility index (Phi) is 5.16. The maximum absolute atomic E-state index is 13.3. The summed E-state index contributed by atoms with van der Waals surface area (Å²) in [6.07, 6.45) is 5.26. The van der Waals surface area contributed by atoms with E-state index in [0.717, 1.165) is 63.0 Å². The molecule has 1 aromatic rings. The Hall–Kier alpha value is -1.62. The normalized spacial score (nSPS) is 25.2. The fourth-order valence-corrected chi connectivity index (χ4v) is 3.66. The van der Waals surface area contributed by atoms with Crippen LogP contribution in [0.1, 0.15) is 37.7 Å². The van der Waals surface area contributed by atoms with Gasteiger partial charge in [0.2, 0.25) is 5.91 Å². The predicted molar refractivity (Wildman–Crippen MR) is 90.2 cm³/mol. The average Bonchev–Trinajstić information content (AvgIpc) is 2.56. The van der Waals surface area contributed by atoms with Gasteiger partial charge in [-0.25, -0.2) is 4.39 Å². The Morgan fingerprint density at radius 1 is 1.30 bits per heavy atom. The molecule has 1 unspecified atom stereocenters. The lowest BCUT2D eigenvalue weighted by molar-refractivity contribution is -0.124. The van der Waals surface area contributed by atoms with Crippen molar-refractivity contribution >= 4 is 11.6 Å². The summed E-state index contributed by atoms with van der Waals surface area (Å²) in [4.78, 5) is 14.6. The third kappa shape index (κ3) is 4.02. The fraction of sp³-hybridized carbons (Fsp3) is 0.611. The van der Waals surface area contributed by atoms with Gasteiger partial charge in [0.1, 0.15) is 5.82 Å². The molecule has 2 aliphatic heterocycles. The molecule has 2 fully saturated rings. The Balaban J connectivity index is 1.60. The zero-order valence-electron chi connectivity index (χ0n) is 13.8. The van der Waals surface area contributed by atoms with Crippen LogP contribution in [-0.4, -0.2) is 37.6 Å². The van der Waals surface area contributed by atoms with Crippen molar-refractivity contribution in [2.75, 3.05) is 24.5 Å². The molecule has 23 heavy (non-hydrogen) atoms. The van der Waals surface area contributed by atoms with Crippen LogP contribution in [0.25, 0.3) is 0 Å². The molecule has 1 amide bonds. The van der Waals surface area contributed by atoms with Crippen molar-refractivity contribution in [1.29, 1.82) is 0 Å². The standard InChI is InChI=1S/C18H26FN3O/c1-13-11-14(19)7-8-17(13)22-10-4-5-15(12-22)21-18(23)16-6-2-3-9-20-16/h7-8,11,15-16,20H,2-6,9-10,12H2,1H3,(H,21,23)/t15?,16-/m1/s1. The lowest BCUT2D eigenvalue weighted by Gasteiger charge is -2.36. The second-order valence-corrected chi connectivity index (χ2v) is 6.73. The Morgan fingerprint density at radius 3 is 2.91 bits per heavy atom. The van der Waals surface area contributed by atoms with Gasteiger partial charge in [-0.3, -0.25) is 4.79 Å². The molecule has 2 aliphatic rings. The molecule has 0 saturated carbocycles. The highest BCUT2D eigenvalue weighted by Crippen LogP contribution is 2.24. The minimum Gasteiger partial charge on any atom is -0.369 e. The van der Waals surface area contributed by atoms with Crippen LogP contribution in [0.2, 0.25) is 0 Å². The van der Waals surface area contributed by atoms with Gasteiger partial charge >= 0.3 is 0 Å². The van der Waals surface area contributed by atoms with E-state index in [1.54, 1.807) is 6.07 Å². The van der Waals surface area contributed by atoms with Crippen molar-refractivity contribution in [2.45, 2.75) is 51.1 Å². The summed E-state index contributed by atoms with van der Waals surface area (Å²) < 4.78 is 13.3. The summed E-state index contributed by atoms with van der Waals surface area (Å²) in [5.74, 6) is -0.0659. The van der Waals surface area contributed by atoms with Crippen LogP contribution in [0.5, 0.6) is 0 Å². The molecule has 0 aliphatic carbocycles. The van der Waals surface area contributed by atoms with Crippen LogP contribution < -0.4 is 15.5 Å². The smallest absolute Gasteiger partial charge is 0.237 e. The summed E-state index contributed by atoms with van der Waals surface area (Å²) in [5.41, 5.74) is 2.02. The topological polar surface area (TPSA) is 44.4 Å². The molecule has 0 bridgehead atoms. The lowest BCUT2D eigenvalue weighted by Crippen LogP contribution is -2.54. The lowest BCUT2D eigenvalue weighted by atomic mass is 10.0. The van der Waals surface area contributed by atoms with Gasteiger partial charge in [0, 0.05) is 24.8 Å². The number of carbonyl (C=O) groups excluding carboxylic acids is 1. The van der Waals surface area contributed by atoms with Crippen LogP contribution >= 0.6 is 0 Å². The zero-order valence-corrected chi connectivity index (χ0v) is 13.8. The molecule has 5 heteroatoms. The van der Waals surface area contributed by atoms with Gasteiger partial charge in [-0.1, -0.05) is 6.42 Å². The molecule has 2 atom stereocenters. The van der Waals surface area contributed by atoms with Crippen LogP contribution in [0.15, 0.2) is 18.2 Å². The van der Waals surface area contributed by atoms with Crippen molar-refractivity contribution in [3.8, 4) is 0 Å². The van der Waals surface area contributed by atoms with E-state index in [1.807, 2.05) is 13.0 Å². The number of piperidine rings is 2. The number of nitrogens with one attached hydrogen (secondary N) is 2. The van der Waals surface area contributed by atoms with E-state index in [4.69, 9.17) is 0 Å². The fourth-order valence-electron chi connectivity index (χ4n) is 3.66. The van der Waals surface area contributed by atoms with Crippen LogP contribution in [0.4, 0.5) is 10.1 Å². The van der Waals surface area contributed by atoms with Gasteiger partial charge in [0.15, 0.2) is 0 Å². The third-order valence-corrected chi connectivity index (χ3v) is 4.89. The van der Waals surface area contributed by atoms with Gasteiger partial charge < -0.3 is 15.5 Å². The van der Waals surface area contributed by atoms with Crippen LogP contribution in [0.3, 0.4) is 0 Å². The second kappa shape index (κ2) is 7.30. The number of rotatable bonds is 3. The number of anilines is 1. The summed E-state index contributed by atoms with van der Waals surface area (Å²) in [5, 5.41) is 6.50. The van der Waals surface area contributed by atoms with Crippen molar-refractivity contribution in [3.05, 3.63) is 29.6 Å². The Bertz CT molecular complexity index is 557. The van der Waals surface area contributed by atoms with Gasteiger partial charge in [-0.2, -0.15) is 0 Å². The van der Waals surface area contributed by atoms with E-state index in [9.17, 15) is 9.18 Å². The number of hydrogen-bond acceptors (Lipinski definition) is 3. The first-order chi connectivity index (χ1) is 11.1. The monoisotopic (exact) mass is 319 g/mol. The number of carbonyl (C=O) groups is 1. The van der Waals surface area contributed by atoms with Gasteiger partial charge in [0.25, 0.3) is 0 Å². The molecule has 2 heterocycles. The Morgan fingerprint density at radius 2 is 2.17 bits per heavy atom. The van der Waals surface area contributed by atoms with E-state index in [1.165, 1.54) is 6.07 Å². The van der Waals surface area contributed by atoms with E-state index in [2.05, 4.69) is 15.5 Å². The number of halogens is 1. The molecule has 0 aromatic heterocycles. The number of benzene rings is 1. The highest BCUT2D eigenvalue weighted by Gasteiger charge is 2.26. The maximum atomic E-state index is 13.3. The molecule has 4 nitrogen and oxygen atoms in total. The summed E-state index contributed by atoms with van der Waals surface area (Å²) >= 11 is 0. The number of aryl methyl sites for hydroxylation is 1. The summed E-state index contributed by atoms with van der Waals surface area (Å²) in [7, 11) is 0.